The summed E-state index contributed by atoms with van der Waals surface area (Å²) in [6, 6.07) is 10.5. The van der Waals surface area contributed by atoms with Crippen molar-refractivity contribution in [1.82, 2.24) is 5.01 Å². The summed E-state index contributed by atoms with van der Waals surface area (Å²) < 4.78 is 9.85. The molecule has 0 aliphatic carbocycles. The van der Waals surface area contributed by atoms with E-state index in [1.54, 1.807) is 24.3 Å². The number of allylic oxidation sites excluding steroid dienone is 1. The number of fused-ring (bicyclic) bond motifs is 3. The van der Waals surface area contributed by atoms with Crippen LogP contribution in [-0.2, 0) is 19.1 Å². The zero-order chi connectivity index (χ0) is 25.6. The van der Waals surface area contributed by atoms with E-state index in [0.717, 1.165) is 4.90 Å². The summed E-state index contributed by atoms with van der Waals surface area (Å²) >= 11 is 0. The number of esters is 2. The first-order valence-electron chi connectivity index (χ1n) is 11.2. The van der Waals surface area contributed by atoms with E-state index in [4.69, 9.17) is 9.47 Å². The molecular formula is C26H21N3O7. The lowest BCUT2D eigenvalue weighted by atomic mass is 9.86. The Morgan fingerprint density at radius 3 is 2.33 bits per heavy atom. The SMILES string of the molecule is COC(=O)c1ccccc1N1C(=O)[C@@H]2[C@H](C1=O)[C@@H](C(=O)c1ccc(OC(C)=O)cc1)N1N=CC=C[C@@H]21. The van der Waals surface area contributed by atoms with Gasteiger partial charge in [-0.05, 0) is 42.5 Å². The number of carbonyl (C=O) groups excluding carboxylic acids is 5. The van der Waals surface area contributed by atoms with Gasteiger partial charge < -0.3 is 9.47 Å². The highest BCUT2D eigenvalue weighted by Crippen LogP contribution is 2.46. The number of nitrogens with zero attached hydrogens (tertiary/aromatic N) is 3. The lowest BCUT2D eigenvalue weighted by molar-refractivity contribution is -0.132. The van der Waals surface area contributed by atoms with Crippen molar-refractivity contribution in [3.05, 3.63) is 71.8 Å². The van der Waals surface area contributed by atoms with E-state index < -0.39 is 53.5 Å². The third-order valence-electron chi connectivity index (χ3n) is 6.51. The number of methoxy groups -OCH3 is 1. The zero-order valence-corrected chi connectivity index (χ0v) is 19.4. The second-order valence-corrected chi connectivity index (χ2v) is 8.52. The Bertz CT molecular complexity index is 1350. The van der Waals surface area contributed by atoms with Crippen molar-refractivity contribution in [2.45, 2.75) is 19.0 Å². The van der Waals surface area contributed by atoms with Crippen LogP contribution in [0.4, 0.5) is 5.69 Å². The van der Waals surface area contributed by atoms with Crippen molar-refractivity contribution in [1.29, 1.82) is 0 Å². The predicted octanol–water partition coefficient (Wildman–Crippen LogP) is 2.00. The summed E-state index contributed by atoms with van der Waals surface area (Å²) in [6.45, 7) is 1.27. The molecule has 0 N–H and O–H groups in total. The lowest BCUT2D eigenvalue weighted by Crippen LogP contribution is -2.46. The van der Waals surface area contributed by atoms with Gasteiger partial charge in [0.05, 0.1) is 36.2 Å². The van der Waals surface area contributed by atoms with Crippen LogP contribution < -0.4 is 9.64 Å². The molecule has 0 bridgehead atoms. The lowest BCUT2D eigenvalue weighted by Gasteiger charge is -2.30. The number of benzene rings is 2. The number of ether oxygens (including phenoxy) is 2. The van der Waals surface area contributed by atoms with Crippen LogP contribution >= 0.6 is 0 Å². The monoisotopic (exact) mass is 487 g/mol. The fraction of sp³-hybridized carbons (Fsp3) is 0.231. The van der Waals surface area contributed by atoms with Crippen molar-refractivity contribution < 1.29 is 33.4 Å². The zero-order valence-electron chi connectivity index (χ0n) is 19.4. The summed E-state index contributed by atoms with van der Waals surface area (Å²) in [7, 11) is 1.21. The molecule has 182 valence electrons. The summed E-state index contributed by atoms with van der Waals surface area (Å²) in [5.41, 5.74) is 0.453. The molecule has 36 heavy (non-hydrogen) atoms. The molecule has 0 unspecified atom stereocenters. The molecule has 3 aliphatic rings. The molecule has 2 aromatic rings. The first kappa shape index (κ1) is 23.2. The Morgan fingerprint density at radius 1 is 0.944 bits per heavy atom. The van der Waals surface area contributed by atoms with Crippen molar-refractivity contribution in [3.63, 3.8) is 0 Å². The van der Waals surface area contributed by atoms with Gasteiger partial charge in [-0.2, -0.15) is 5.10 Å². The van der Waals surface area contributed by atoms with Crippen molar-refractivity contribution in [2.75, 3.05) is 12.0 Å². The topological polar surface area (TPSA) is 123 Å². The fourth-order valence-corrected chi connectivity index (χ4v) is 5.05. The largest absolute Gasteiger partial charge is 0.465 e. The minimum Gasteiger partial charge on any atom is -0.465 e. The second kappa shape index (κ2) is 8.88. The maximum absolute atomic E-state index is 13.8. The molecule has 3 heterocycles. The van der Waals surface area contributed by atoms with E-state index in [9.17, 15) is 24.0 Å². The minimum atomic E-state index is -1.05. The molecule has 5 rings (SSSR count). The Morgan fingerprint density at radius 2 is 1.64 bits per heavy atom. The van der Waals surface area contributed by atoms with Crippen LogP contribution in [0, 0.1) is 11.8 Å². The van der Waals surface area contributed by atoms with Gasteiger partial charge in [0, 0.05) is 18.7 Å². The molecule has 0 radical (unpaired) electrons. The van der Waals surface area contributed by atoms with Gasteiger partial charge in [-0.15, -0.1) is 0 Å². The number of rotatable bonds is 5. The van der Waals surface area contributed by atoms with Crippen LogP contribution in [0.25, 0.3) is 0 Å². The molecular weight excluding hydrogens is 466 g/mol. The number of para-hydroxylation sites is 1. The van der Waals surface area contributed by atoms with E-state index >= 15 is 0 Å². The van der Waals surface area contributed by atoms with Crippen LogP contribution in [0.3, 0.4) is 0 Å². The van der Waals surface area contributed by atoms with Gasteiger partial charge >= 0.3 is 11.9 Å². The number of anilines is 1. The first-order chi connectivity index (χ1) is 17.3. The highest BCUT2D eigenvalue weighted by molar-refractivity contribution is 6.26. The number of hydrogen-bond acceptors (Lipinski definition) is 9. The van der Waals surface area contributed by atoms with Gasteiger partial charge in [0.2, 0.25) is 11.8 Å². The number of hydrogen-bond donors (Lipinski definition) is 0. The molecule has 2 aromatic carbocycles. The van der Waals surface area contributed by atoms with Crippen molar-refractivity contribution in [2.24, 2.45) is 16.9 Å². The third kappa shape index (κ3) is 3.58. The molecule has 2 saturated heterocycles. The van der Waals surface area contributed by atoms with Gasteiger partial charge in [0.25, 0.3) is 0 Å². The van der Waals surface area contributed by atoms with E-state index in [1.165, 1.54) is 61.7 Å². The van der Waals surface area contributed by atoms with Crippen molar-refractivity contribution >= 4 is 41.4 Å². The first-order valence-corrected chi connectivity index (χ1v) is 11.2. The smallest absolute Gasteiger partial charge is 0.339 e. The standard InChI is InChI=1S/C26H21N3O7/c1-14(30)36-16-11-9-15(10-12-16)23(31)22-21-20(19-8-5-13-27-29(19)22)24(32)28(25(21)33)18-7-4-3-6-17(18)26(34)35-2/h3-13,19-22H,1-2H3/t19-,20-,21-,22-/m0/s1. The summed E-state index contributed by atoms with van der Waals surface area (Å²) in [6.07, 6.45) is 4.91. The molecule has 0 saturated carbocycles. The van der Waals surface area contributed by atoms with Crippen molar-refractivity contribution in [3.8, 4) is 5.75 Å². The van der Waals surface area contributed by atoms with Crippen LogP contribution in [0.2, 0.25) is 0 Å². The maximum Gasteiger partial charge on any atom is 0.339 e. The number of carbonyl (C=O) groups is 5. The number of Topliss-reactive ketones (excluding diaryl/α,β-unsaturated/α-hetero) is 1. The second-order valence-electron chi connectivity index (χ2n) is 8.52. The molecule has 3 aliphatic heterocycles. The van der Waals surface area contributed by atoms with Gasteiger partial charge in [-0.3, -0.25) is 24.2 Å². The molecule has 10 heteroatoms. The van der Waals surface area contributed by atoms with Crippen LogP contribution in [0.5, 0.6) is 5.75 Å². The average molecular weight is 487 g/mol. The van der Waals surface area contributed by atoms with E-state index in [0.29, 0.717) is 0 Å². The normalized spacial score (nSPS) is 23.9. The predicted molar refractivity (Wildman–Crippen MR) is 126 cm³/mol. The highest BCUT2D eigenvalue weighted by Gasteiger charge is 2.64. The molecule has 10 nitrogen and oxygen atoms in total. The highest BCUT2D eigenvalue weighted by atomic mass is 16.5. The van der Waals surface area contributed by atoms with E-state index in [2.05, 4.69) is 5.10 Å². The average Bonchev–Trinajstić information content (AvgIpc) is 3.35. The van der Waals surface area contributed by atoms with Gasteiger partial charge in [0.15, 0.2) is 5.78 Å². The van der Waals surface area contributed by atoms with E-state index in [-0.39, 0.29) is 22.6 Å². The fourth-order valence-electron chi connectivity index (χ4n) is 5.05. The maximum atomic E-state index is 13.8. The van der Waals surface area contributed by atoms with Crippen LogP contribution in [-0.4, -0.2) is 60.0 Å². The van der Waals surface area contributed by atoms with Gasteiger partial charge in [0.1, 0.15) is 11.8 Å². The summed E-state index contributed by atoms with van der Waals surface area (Å²) in [5, 5.41) is 5.82. The Labute approximate surface area is 205 Å². The van der Waals surface area contributed by atoms with Gasteiger partial charge in [-0.25, -0.2) is 9.69 Å². The van der Waals surface area contributed by atoms with E-state index in [1.807, 2.05) is 0 Å². The Hall–Kier alpha value is -4.60. The Kier molecular flexibility index (Phi) is 5.71. The number of hydrazone groups is 1. The Balaban J connectivity index is 1.54. The summed E-state index contributed by atoms with van der Waals surface area (Å²) in [5.74, 6) is -4.30. The molecule has 0 spiro atoms. The third-order valence-corrected chi connectivity index (χ3v) is 6.51. The van der Waals surface area contributed by atoms with Crippen LogP contribution in [0.1, 0.15) is 27.6 Å². The molecule has 2 fully saturated rings. The minimum absolute atomic E-state index is 0.0691. The molecule has 4 atom stereocenters. The van der Waals surface area contributed by atoms with Crippen LogP contribution in [0.15, 0.2) is 65.8 Å². The number of imide groups is 1. The van der Waals surface area contributed by atoms with Gasteiger partial charge in [-0.1, -0.05) is 18.2 Å². The molecule has 2 amide bonds. The quantitative estimate of drug-likeness (QED) is 0.272. The summed E-state index contributed by atoms with van der Waals surface area (Å²) in [4.78, 5) is 65.6. The number of ketones is 1. The number of amides is 2. The molecule has 0 aromatic heterocycles.